The highest BCUT2D eigenvalue weighted by atomic mass is 32.2. The van der Waals surface area contributed by atoms with Crippen molar-refractivity contribution >= 4 is 21.6 Å². The third kappa shape index (κ3) is 5.47. The van der Waals surface area contributed by atoms with Gasteiger partial charge in [-0.05, 0) is 43.2 Å². The van der Waals surface area contributed by atoms with Crippen molar-refractivity contribution in [2.45, 2.75) is 32.9 Å². The fraction of sp³-hybridized carbons (Fsp3) is 0.350. The van der Waals surface area contributed by atoms with E-state index in [4.69, 9.17) is 4.74 Å². The summed E-state index contributed by atoms with van der Waals surface area (Å²) in [5.74, 6) is 0.281. The summed E-state index contributed by atoms with van der Waals surface area (Å²) in [5, 5.41) is 2.84. The molecule has 7 heteroatoms. The molecular weight excluding hydrogens is 364 g/mol. The number of ether oxygens (including phenoxy) is 1. The fourth-order valence-corrected chi connectivity index (χ4v) is 4.01. The Hall–Kier alpha value is -2.54. The number of amides is 1. The largest absolute Gasteiger partial charge is 0.497 e. The molecule has 1 atom stereocenters. The number of anilines is 1. The predicted molar refractivity (Wildman–Crippen MR) is 107 cm³/mol. The number of carbonyl (C=O) groups is 1. The SMILES string of the molecule is CC[C@H](C(=O)NCc1ccc(C)cc1)N(c1ccc(OC)cc1)S(C)(=O)=O. The molecule has 0 spiro atoms. The molecular formula is C20H26N2O4S. The molecule has 0 fully saturated rings. The molecule has 0 heterocycles. The van der Waals surface area contributed by atoms with Crippen molar-refractivity contribution in [3.63, 3.8) is 0 Å². The van der Waals surface area contributed by atoms with Crippen LogP contribution in [0.5, 0.6) is 5.75 Å². The summed E-state index contributed by atoms with van der Waals surface area (Å²) < 4.78 is 31.1. The fourth-order valence-electron chi connectivity index (χ4n) is 2.80. The average molecular weight is 391 g/mol. The van der Waals surface area contributed by atoms with Crippen LogP contribution >= 0.6 is 0 Å². The minimum absolute atomic E-state index is 0.334. The summed E-state index contributed by atoms with van der Waals surface area (Å²) in [4.78, 5) is 12.8. The van der Waals surface area contributed by atoms with E-state index in [1.54, 1.807) is 31.2 Å². The van der Waals surface area contributed by atoms with Gasteiger partial charge < -0.3 is 10.1 Å². The number of nitrogens with zero attached hydrogens (tertiary/aromatic N) is 1. The first-order valence-electron chi connectivity index (χ1n) is 8.73. The van der Waals surface area contributed by atoms with Crippen LogP contribution in [-0.2, 0) is 21.4 Å². The van der Waals surface area contributed by atoms with Crippen LogP contribution in [0.4, 0.5) is 5.69 Å². The molecule has 0 aromatic heterocycles. The summed E-state index contributed by atoms with van der Waals surface area (Å²) in [6.45, 7) is 4.13. The van der Waals surface area contributed by atoms with E-state index in [1.807, 2.05) is 31.2 Å². The van der Waals surface area contributed by atoms with E-state index in [0.717, 1.165) is 21.7 Å². The van der Waals surface area contributed by atoms with Gasteiger partial charge in [0, 0.05) is 6.54 Å². The molecule has 1 N–H and O–H groups in total. The van der Waals surface area contributed by atoms with Gasteiger partial charge in [0.05, 0.1) is 19.1 Å². The lowest BCUT2D eigenvalue weighted by molar-refractivity contribution is -0.122. The zero-order valence-electron chi connectivity index (χ0n) is 16.1. The number of nitrogens with one attached hydrogen (secondary N) is 1. The first-order valence-corrected chi connectivity index (χ1v) is 10.6. The van der Waals surface area contributed by atoms with Gasteiger partial charge in [-0.1, -0.05) is 36.8 Å². The van der Waals surface area contributed by atoms with Crippen molar-refractivity contribution in [2.24, 2.45) is 0 Å². The number of carbonyl (C=O) groups excluding carboxylic acids is 1. The van der Waals surface area contributed by atoms with Gasteiger partial charge in [-0.2, -0.15) is 0 Å². The van der Waals surface area contributed by atoms with Gasteiger partial charge >= 0.3 is 0 Å². The van der Waals surface area contributed by atoms with Gasteiger partial charge in [-0.3, -0.25) is 9.10 Å². The highest BCUT2D eigenvalue weighted by molar-refractivity contribution is 7.92. The molecule has 1 amide bonds. The second-order valence-electron chi connectivity index (χ2n) is 6.38. The molecule has 0 saturated heterocycles. The third-order valence-corrected chi connectivity index (χ3v) is 5.42. The molecule has 0 unspecified atom stereocenters. The van der Waals surface area contributed by atoms with Gasteiger partial charge in [0.2, 0.25) is 15.9 Å². The predicted octanol–water partition coefficient (Wildman–Crippen LogP) is 2.86. The maximum absolute atomic E-state index is 12.8. The van der Waals surface area contributed by atoms with Gasteiger partial charge in [0.1, 0.15) is 11.8 Å². The first kappa shape index (κ1) is 20.8. The number of hydrogen-bond acceptors (Lipinski definition) is 4. The first-order chi connectivity index (χ1) is 12.8. The van der Waals surface area contributed by atoms with E-state index in [2.05, 4.69) is 5.32 Å². The summed E-state index contributed by atoms with van der Waals surface area (Å²) in [7, 11) is -2.11. The number of methoxy groups -OCH3 is 1. The Balaban J connectivity index is 2.22. The second-order valence-corrected chi connectivity index (χ2v) is 8.24. The Bertz CT molecular complexity index is 862. The highest BCUT2D eigenvalue weighted by Gasteiger charge is 2.31. The lowest BCUT2D eigenvalue weighted by Gasteiger charge is -2.30. The second kappa shape index (κ2) is 8.90. The van der Waals surface area contributed by atoms with Crippen LogP contribution in [-0.4, -0.2) is 33.7 Å². The van der Waals surface area contributed by atoms with E-state index in [1.165, 1.54) is 7.11 Å². The van der Waals surface area contributed by atoms with Crippen LogP contribution in [0.2, 0.25) is 0 Å². The molecule has 6 nitrogen and oxygen atoms in total. The number of aryl methyl sites for hydroxylation is 1. The normalized spacial score (nSPS) is 12.3. The van der Waals surface area contributed by atoms with Crippen LogP contribution < -0.4 is 14.4 Å². The summed E-state index contributed by atoms with van der Waals surface area (Å²) in [6, 6.07) is 13.6. The van der Waals surface area contributed by atoms with E-state index in [-0.39, 0.29) is 5.91 Å². The molecule has 0 saturated carbocycles. The lowest BCUT2D eigenvalue weighted by Crippen LogP contribution is -2.49. The molecule has 2 aromatic rings. The van der Waals surface area contributed by atoms with Crippen molar-refractivity contribution in [1.82, 2.24) is 5.32 Å². The summed E-state index contributed by atoms with van der Waals surface area (Å²) >= 11 is 0. The van der Waals surface area contributed by atoms with Crippen molar-refractivity contribution < 1.29 is 17.9 Å². The molecule has 27 heavy (non-hydrogen) atoms. The Kier molecular flexibility index (Phi) is 6.85. The third-order valence-electron chi connectivity index (χ3n) is 4.24. The Labute approximate surface area is 161 Å². The van der Waals surface area contributed by atoms with Crippen molar-refractivity contribution in [3.8, 4) is 5.75 Å². The number of rotatable bonds is 8. The minimum atomic E-state index is -3.65. The zero-order valence-corrected chi connectivity index (χ0v) is 16.9. The maximum Gasteiger partial charge on any atom is 0.244 e. The van der Waals surface area contributed by atoms with Crippen molar-refractivity contribution in [1.29, 1.82) is 0 Å². The van der Waals surface area contributed by atoms with E-state index in [9.17, 15) is 13.2 Å². The van der Waals surface area contributed by atoms with Crippen molar-refractivity contribution in [3.05, 3.63) is 59.7 Å². The number of sulfonamides is 1. The van der Waals surface area contributed by atoms with Gasteiger partial charge in [0.25, 0.3) is 0 Å². The topological polar surface area (TPSA) is 75.7 Å². The Morgan fingerprint density at radius 2 is 1.70 bits per heavy atom. The lowest BCUT2D eigenvalue weighted by atomic mass is 10.1. The molecule has 0 aliphatic heterocycles. The highest BCUT2D eigenvalue weighted by Crippen LogP contribution is 2.25. The number of benzene rings is 2. The average Bonchev–Trinajstić information content (AvgIpc) is 2.64. The monoisotopic (exact) mass is 390 g/mol. The van der Waals surface area contributed by atoms with Crippen LogP contribution in [0.1, 0.15) is 24.5 Å². The van der Waals surface area contributed by atoms with E-state index in [0.29, 0.717) is 24.4 Å². The van der Waals surface area contributed by atoms with Gasteiger partial charge in [0.15, 0.2) is 0 Å². The van der Waals surface area contributed by atoms with Gasteiger partial charge in [-0.15, -0.1) is 0 Å². The van der Waals surface area contributed by atoms with E-state index < -0.39 is 16.1 Å². The van der Waals surface area contributed by atoms with Crippen LogP contribution in [0.25, 0.3) is 0 Å². The summed E-state index contributed by atoms with van der Waals surface area (Å²) in [5.41, 5.74) is 2.52. The van der Waals surface area contributed by atoms with E-state index >= 15 is 0 Å². The number of hydrogen-bond donors (Lipinski definition) is 1. The smallest absolute Gasteiger partial charge is 0.244 e. The summed E-state index contributed by atoms with van der Waals surface area (Å²) in [6.07, 6.45) is 1.45. The molecule has 0 aliphatic carbocycles. The minimum Gasteiger partial charge on any atom is -0.497 e. The van der Waals surface area contributed by atoms with Gasteiger partial charge in [-0.25, -0.2) is 8.42 Å². The molecule has 146 valence electrons. The Morgan fingerprint density at radius 3 is 2.19 bits per heavy atom. The Morgan fingerprint density at radius 1 is 1.11 bits per heavy atom. The molecule has 2 aromatic carbocycles. The molecule has 2 rings (SSSR count). The van der Waals surface area contributed by atoms with Crippen LogP contribution in [0, 0.1) is 6.92 Å². The van der Waals surface area contributed by atoms with Crippen LogP contribution in [0.15, 0.2) is 48.5 Å². The molecule has 0 radical (unpaired) electrons. The molecule has 0 bridgehead atoms. The maximum atomic E-state index is 12.8. The molecule has 0 aliphatic rings. The zero-order chi connectivity index (χ0) is 20.0. The van der Waals surface area contributed by atoms with Crippen molar-refractivity contribution in [2.75, 3.05) is 17.7 Å². The van der Waals surface area contributed by atoms with Crippen LogP contribution in [0.3, 0.4) is 0 Å². The quantitative estimate of drug-likeness (QED) is 0.752. The standard InChI is InChI=1S/C20H26N2O4S/c1-5-19(20(23)21-14-16-8-6-15(2)7-9-16)22(27(4,24)25)17-10-12-18(26-3)13-11-17/h6-13,19H,5,14H2,1-4H3,(H,21,23)/t19-/m1/s1.